The molecule has 0 amide bonds. The van der Waals surface area contributed by atoms with Crippen molar-refractivity contribution in [3.63, 3.8) is 0 Å². The van der Waals surface area contributed by atoms with E-state index < -0.39 is 0 Å². The highest BCUT2D eigenvalue weighted by molar-refractivity contribution is 7.99. The van der Waals surface area contributed by atoms with E-state index in [1.165, 1.54) is 11.8 Å². The first-order chi connectivity index (χ1) is 16.3. The molecule has 4 aromatic rings. The average Bonchev–Trinajstić information content (AvgIpc) is 3.12. The minimum Gasteiger partial charge on any atom is -0.383 e. The van der Waals surface area contributed by atoms with Gasteiger partial charge in [0.15, 0.2) is 10.9 Å². The Hall–Kier alpha value is -3.16. The van der Waals surface area contributed by atoms with E-state index >= 15 is 0 Å². The highest BCUT2D eigenvalue weighted by Gasteiger charge is 2.21. The molecule has 0 fully saturated rings. The van der Waals surface area contributed by atoms with E-state index in [-0.39, 0.29) is 23.1 Å². The molecule has 176 valence electrons. The molecular weight excluding hydrogens is 446 g/mol. The minimum absolute atomic E-state index is 0.00714. The van der Waals surface area contributed by atoms with E-state index in [1.54, 1.807) is 17.7 Å². The van der Waals surface area contributed by atoms with Crippen molar-refractivity contribution in [1.82, 2.24) is 14.1 Å². The summed E-state index contributed by atoms with van der Waals surface area (Å²) in [5, 5.41) is 1.06. The van der Waals surface area contributed by atoms with E-state index in [4.69, 9.17) is 9.72 Å². The maximum Gasteiger partial charge on any atom is 0.266 e. The molecule has 7 heteroatoms. The van der Waals surface area contributed by atoms with E-state index in [0.717, 1.165) is 22.6 Å². The zero-order valence-electron chi connectivity index (χ0n) is 20.2. The zero-order chi connectivity index (χ0) is 24.4. The van der Waals surface area contributed by atoms with E-state index in [1.807, 2.05) is 69.3 Å². The summed E-state index contributed by atoms with van der Waals surface area (Å²) in [6.07, 6.45) is 0. The molecule has 0 N–H and O–H groups in total. The number of thioether (sulfide) groups is 1. The van der Waals surface area contributed by atoms with Crippen molar-refractivity contribution in [2.45, 2.75) is 38.9 Å². The summed E-state index contributed by atoms with van der Waals surface area (Å²) in [4.78, 5) is 31.5. The van der Waals surface area contributed by atoms with Crippen LogP contribution in [0.5, 0.6) is 0 Å². The van der Waals surface area contributed by atoms with Crippen LogP contribution in [-0.2, 0) is 4.74 Å². The van der Waals surface area contributed by atoms with Gasteiger partial charge in [-0.1, -0.05) is 42.1 Å². The topological polar surface area (TPSA) is 66.1 Å². The van der Waals surface area contributed by atoms with Gasteiger partial charge in [0.05, 0.1) is 35.0 Å². The summed E-state index contributed by atoms with van der Waals surface area (Å²) in [5.74, 6) is 0.187. The van der Waals surface area contributed by atoms with Crippen molar-refractivity contribution in [1.29, 1.82) is 0 Å². The lowest BCUT2D eigenvalue weighted by Gasteiger charge is -2.17. The first-order valence-corrected chi connectivity index (χ1v) is 12.2. The van der Waals surface area contributed by atoms with Gasteiger partial charge >= 0.3 is 0 Å². The van der Waals surface area contributed by atoms with Crippen LogP contribution < -0.4 is 5.56 Å². The van der Waals surface area contributed by atoms with Crippen molar-refractivity contribution in [3.05, 3.63) is 87.5 Å². The quantitative estimate of drug-likeness (QED) is 0.197. The van der Waals surface area contributed by atoms with E-state index in [0.29, 0.717) is 28.2 Å². The third-order valence-corrected chi connectivity index (χ3v) is 7.01. The van der Waals surface area contributed by atoms with Gasteiger partial charge in [0.2, 0.25) is 0 Å². The molecule has 0 aliphatic heterocycles. The highest BCUT2D eigenvalue weighted by Crippen LogP contribution is 2.26. The number of para-hydroxylation sites is 2. The van der Waals surface area contributed by atoms with Crippen molar-refractivity contribution >= 4 is 28.4 Å². The standard InChI is InChI=1S/C27H29N3O3S/c1-17-10-6-9-13-24(17)30-26(32)21-11-7-8-12-23(21)28-27(30)34-16-25(31)22-14-18(2)29(20(22)4)19(3)15-33-5/h6-14,19H,15-16H2,1-5H3. The third kappa shape index (κ3) is 4.45. The number of carbonyl (C=O) groups excluding carboxylic acids is 1. The number of ketones is 1. The maximum atomic E-state index is 13.5. The number of aromatic nitrogens is 3. The summed E-state index contributed by atoms with van der Waals surface area (Å²) in [5.41, 5.74) is 4.86. The van der Waals surface area contributed by atoms with Crippen molar-refractivity contribution in [2.24, 2.45) is 0 Å². The summed E-state index contributed by atoms with van der Waals surface area (Å²) < 4.78 is 9.07. The fourth-order valence-corrected chi connectivity index (χ4v) is 5.39. The number of hydrogen-bond acceptors (Lipinski definition) is 5. The maximum absolute atomic E-state index is 13.5. The Kier molecular flexibility index (Phi) is 7.05. The van der Waals surface area contributed by atoms with Gasteiger partial charge in [0.25, 0.3) is 5.56 Å². The van der Waals surface area contributed by atoms with Gasteiger partial charge in [-0.2, -0.15) is 0 Å². The number of methoxy groups -OCH3 is 1. The summed E-state index contributed by atoms with van der Waals surface area (Å²) >= 11 is 1.29. The Morgan fingerprint density at radius 2 is 1.79 bits per heavy atom. The predicted octanol–water partition coefficient (Wildman–Crippen LogP) is 5.29. The van der Waals surface area contributed by atoms with Gasteiger partial charge in [-0.25, -0.2) is 4.98 Å². The molecule has 2 heterocycles. The SMILES string of the molecule is COCC(C)n1c(C)cc(C(=O)CSc2nc3ccccc3c(=O)n2-c2ccccc2C)c1C. The van der Waals surface area contributed by atoms with Crippen LogP contribution >= 0.6 is 11.8 Å². The Balaban J connectivity index is 1.72. The molecule has 34 heavy (non-hydrogen) atoms. The lowest BCUT2D eigenvalue weighted by molar-refractivity contribution is 0.102. The predicted molar refractivity (Wildman–Crippen MR) is 138 cm³/mol. The molecule has 6 nitrogen and oxygen atoms in total. The van der Waals surface area contributed by atoms with Gasteiger partial charge in [-0.3, -0.25) is 14.2 Å². The average molecular weight is 476 g/mol. The van der Waals surface area contributed by atoms with Crippen LogP contribution in [0.2, 0.25) is 0 Å². The van der Waals surface area contributed by atoms with Gasteiger partial charge in [-0.15, -0.1) is 0 Å². The monoisotopic (exact) mass is 475 g/mol. The zero-order valence-corrected chi connectivity index (χ0v) is 21.0. The number of ether oxygens (including phenoxy) is 1. The third-order valence-electron chi connectivity index (χ3n) is 6.07. The molecule has 0 saturated carbocycles. The lowest BCUT2D eigenvalue weighted by atomic mass is 10.2. The lowest BCUT2D eigenvalue weighted by Crippen LogP contribution is -2.23. The van der Waals surface area contributed by atoms with Crippen LogP contribution in [0.15, 0.2) is 64.5 Å². The number of nitrogens with zero attached hydrogens (tertiary/aromatic N) is 3. The van der Waals surface area contributed by atoms with Crippen LogP contribution in [0.1, 0.15) is 40.3 Å². The molecule has 4 rings (SSSR count). The van der Waals surface area contributed by atoms with Crippen LogP contribution in [-0.4, -0.2) is 39.4 Å². The Morgan fingerprint density at radius 1 is 1.09 bits per heavy atom. The fourth-order valence-electron chi connectivity index (χ4n) is 4.50. The van der Waals surface area contributed by atoms with Gasteiger partial charge in [-0.05, 0) is 57.5 Å². The first-order valence-electron chi connectivity index (χ1n) is 11.2. The molecule has 1 unspecified atom stereocenters. The number of hydrogen-bond donors (Lipinski definition) is 0. The molecule has 0 bridgehead atoms. The molecule has 1 atom stereocenters. The number of benzene rings is 2. The van der Waals surface area contributed by atoms with Gasteiger partial charge < -0.3 is 9.30 Å². The smallest absolute Gasteiger partial charge is 0.266 e. The van der Waals surface area contributed by atoms with E-state index in [2.05, 4.69) is 11.5 Å². The molecule has 2 aromatic carbocycles. The van der Waals surface area contributed by atoms with E-state index in [9.17, 15) is 9.59 Å². The highest BCUT2D eigenvalue weighted by atomic mass is 32.2. The van der Waals surface area contributed by atoms with Crippen molar-refractivity contribution in [3.8, 4) is 5.69 Å². The Labute approximate surface area is 203 Å². The largest absolute Gasteiger partial charge is 0.383 e. The summed E-state index contributed by atoms with van der Waals surface area (Å²) in [6, 6.07) is 17.1. The van der Waals surface area contributed by atoms with Crippen LogP contribution in [0.25, 0.3) is 16.6 Å². The Bertz CT molecular complexity index is 1420. The number of aryl methyl sites for hydroxylation is 2. The number of carbonyl (C=O) groups is 1. The normalized spacial score (nSPS) is 12.3. The summed E-state index contributed by atoms with van der Waals surface area (Å²) in [7, 11) is 1.68. The van der Waals surface area contributed by atoms with Gasteiger partial charge in [0, 0.05) is 24.1 Å². The van der Waals surface area contributed by atoms with Crippen LogP contribution in [0.4, 0.5) is 0 Å². The second-order valence-electron chi connectivity index (χ2n) is 8.51. The molecule has 0 aliphatic rings. The molecule has 0 aliphatic carbocycles. The fraction of sp³-hybridized carbons (Fsp3) is 0.296. The second kappa shape index (κ2) is 9.99. The van der Waals surface area contributed by atoms with Crippen molar-refractivity contribution < 1.29 is 9.53 Å². The molecule has 0 radical (unpaired) electrons. The van der Waals surface area contributed by atoms with Crippen LogP contribution in [0, 0.1) is 20.8 Å². The molecule has 2 aromatic heterocycles. The number of fused-ring (bicyclic) bond motifs is 1. The second-order valence-corrected chi connectivity index (χ2v) is 9.45. The first kappa shape index (κ1) is 24.0. The molecule has 0 spiro atoms. The minimum atomic E-state index is -0.138. The van der Waals surface area contributed by atoms with Crippen molar-refractivity contribution in [2.75, 3.05) is 19.5 Å². The molecular formula is C27H29N3O3S. The molecule has 0 saturated heterocycles. The summed E-state index contributed by atoms with van der Waals surface area (Å²) in [6.45, 7) is 8.58. The van der Waals surface area contributed by atoms with Crippen LogP contribution in [0.3, 0.4) is 0 Å². The Morgan fingerprint density at radius 3 is 2.53 bits per heavy atom. The number of Topliss-reactive ketones (excluding diaryl/α,β-unsaturated/α-hetero) is 1. The number of rotatable bonds is 8. The van der Waals surface area contributed by atoms with Gasteiger partial charge in [0.1, 0.15) is 0 Å².